The van der Waals surface area contributed by atoms with Crippen molar-refractivity contribution in [2.75, 3.05) is 0 Å². The molecule has 37 heavy (non-hydrogen) atoms. The highest BCUT2D eigenvalue weighted by Crippen LogP contribution is 2.31. The van der Waals surface area contributed by atoms with Crippen molar-refractivity contribution in [3.63, 3.8) is 0 Å². The van der Waals surface area contributed by atoms with Crippen molar-refractivity contribution in [3.8, 4) is 5.69 Å². The zero-order valence-corrected chi connectivity index (χ0v) is 22.7. The number of sulfonamides is 1. The third-order valence-corrected chi connectivity index (χ3v) is 8.58. The minimum absolute atomic E-state index is 0.0928. The lowest BCUT2D eigenvalue weighted by molar-refractivity contribution is 0.579. The highest BCUT2D eigenvalue weighted by atomic mass is 35.5. The van der Waals surface area contributed by atoms with Crippen LogP contribution in [0.25, 0.3) is 16.6 Å². The number of hydrogen-bond acceptors (Lipinski definition) is 6. The molecule has 1 N–H and O–H groups in total. The number of halogens is 2. The third-order valence-electron chi connectivity index (χ3n) is 5.61. The van der Waals surface area contributed by atoms with Crippen LogP contribution in [-0.4, -0.2) is 28.2 Å². The van der Waals surface area contributed by atoms with Gasteiger partial charge in [-0.3, -0.25) is 9.55 Å². The highest BCUT2D eigenvalue weighted by molar-refractivity contribution is 7.98. The predicted molar refractivity (Wildman–Crippen MR) is 148 cm³/mol. The number of para-hydroxylation sites is 1. The fourth-order valence-corrected chi connectivity index (χ4v) is 6.45. The number of hydrogen-bond donors (Lipinski definition) is 1. The first-order valence-electron chi connectivity index (χ1n) is 11.2. The number of aromatic nitrogens is 4. The molecule has 0 saturated carbocycles. The van der Waals surface area contributed by atoms with Crippen molar-refractivity contribution >= 4 is 55.9 Å². The van der Waals surface area contributed by atoms with E-state index in [0.717, 1.165) is 10.9 Å². The van der Waals surface area contributed by atoms with Gasteiger partial charge in [-0.25, -0.2) is 13.1 Å². The maximum absolute atomic E-state index is 13.3. The van der Waals surface area contributed by atoms with Crippen molar-refractivity contribution in [2.24, 2.45) is 0 Å². The predicted octanol–water partition coefficient (Wildman–Crippen LogP) is 6.20. The van der Waals surface area contributed by atoms with Crippen LogP contribution in [0.2, 0.25) is 10.0 Å². The van der Waals surface area contributed by atoms with E-state index in [1.54, 1.807) is 41.1 Å². The summed E-state index contributed by atoms with van der Waals surface area (Å²) in [5.74, 6) is 1.03. The van der Waals surface area contributed by atoms with Crippen LogP contribution in [-0.2, 0) is 22.3 Å². The molecule has 2 heterocycles. The number of fused-ring (bicyclic) bond motifs is 1. The summed E-state index contributed by atoms with van der Waals surface area (Å²) < 4.78 is 30.9. The van der Waals surface area contributed by atoms with Gasteiger partial charge in [0.1, 0.15) is 4.90 Å². The Hall–Kier alpha value is -2.95. The zero-order chi connectivity index (χ0) is 26.0. The Balaban J connectivity index is 1.47. The van der Waals surface area contributed by atoms with Crippen molar-refractivity contribution in [1.29, 1.82) is 0 Å². The van der Waals surface area contributed by atoms with Gasteiger partial charge in [0.05, 0.1) is 22.8 Å². The molecular formula is C26H21Cl2N5O2S2. The Morgan fingerprint density at radius 3 is 2.59 bits per heavy atom. The quantitative estimate of drug-likeness (QED) is 0.224. The number of rotatable bonds is 8. The van der Waals surface area contributed by atoms with Crippen LogP contribution in [0.4, 0.5) is 0 Å². The molecule has 3 aromatic carbocycles. The summed E-state index contributed by atoms with van der Waals surface area (Å²) in [4.78, 5) is 4.36. The monoisotopic (exact) mass is 569 g/mol. The minimum atomic E-state index is -3.91. The number of aryl methyl sites for hydroxylation is 1. The van der Waals surface area contributed by atoms with Gasteiger partial charge in [0, 0.05) is 22.4 Å². The fraction of sp³-hybridized carbons (Fsp3) is 0.115. The molecule has 7 nitrogen and oxygen atoms in total. The van der Waals surface area contributed by atoms with E-state index < -0.39 is 10.0 Å². The van der Waals surface area contributed by atoms with E-state index in [4.69, 9.17) is 23.2 Å². The first-order valence-corrected chi connectivity index (χ1v) is 14.5. The largest absolute Gasteiger partial charge is 0.271 e. The molecule has 0 aliphatic carbocycles. The van der Waals surface area contributed by atoms with Crippen LogP contribution in [0.1, 0.15) is 17.0 Å². The topological polar surface area (TPSA) is 89.8 Å². The lowest BCUT2D eigenvalue weighted by Crippen LogP contribution is -2.25. The van der Waals surface area contributed by atoms with E-state index in [-0.39, 0.29) is 11.4 Å². The maximum atomic E-state index is 13.3. The van der Waals surface area contributed by atoms with Gasteiger partial charge in [-0.15, -0.1) is 10.2 Å². The number of nitrogens with zero attached hydrogens (tertiary/aromatic N) is 4. The number of pyridine rings is 1. The van der Waals surface area contributed by atoms with Crippen molar-refractivity contribution < 1.29 is 8.42 Å². The summed E-state index contributed by atoms with van der Waals surface area (Å²) >= 11 is 14.1. The summed E-state index contributed by atoms with van der Waals surface area (Å²) in [5, 5.41) is 10.8. The van der Waals surface area contributed by atoms with E-state index >= 15 is 0 Å². The summed E-state index contributed by atoms with van der Waals surface area (Å²) in [7, 11) is -3.91. The van der Waals surface area contributed by atoms with Gasteiger partial charge >= 0.3 is 0 Å². The van der Waals surface area contributed by atoms with Gasteiger partial charge in [-0.2, -0.15) is 0 Å². The standard InChI is InChI=1S/C26H21Cl2N5O2S2/c1-17-5-2-6-18(13-17)16-36-26-32-31-24(33(26)22-11-10-20(27)14-21(22)28)15-30-37(34,35)23-9-3-7-19-8-4-12-29-25(19)23/h2-14,30H,15-16H2,1H3. The first kappa shape index (κ1) is 25.7. The maximum Gasteiger partial charge on any atom is 0.243 e. The molecular weight excluding hydrogens is 549 g/mol. The Labute approximate surface area is 228 Å². The second-order valence-corrected chi connectivity index (χ2v) is 11.8. The van der Waals surface area contributed by atoms with Crippen LogP contribution in [0, 0.1) is 6.92 Å². The molecule has 0 bridgehead atoms. The second-order valence-electron chi connectivity index (χ2n) is 8.26. The molecule has 0 saturated heterocycles. The smallest absolute Gasteiger partial charge is 0.243 e. The molecule has 188 valence electrons. The zero-order valence-electron chi connectivity index (χ0n) is 19.6. The highest BCUT2D eigenvalue weighted by Gasteiger charge is 2.22. The molecule has 0 aliphatic heterocycles. The third kappa shape index (κ3) is 5.66. The molecule has 0 fully saturated rings. The lowest BCUT2D eigenvalue weighted by atomic mass is 10.2. The van der Waals surface area contributed by atoms with Gasteiger partial charge in [0.25, 0.3) is 0 Å². The molecule has 5 rings (SSSR count). The van der Waals surface area contributed by atoms with Gasteiger partial charge in [0.2, 0.25) is 10.0 Å². The average molecular weight is 571 g/mol. The number of benzene rings is 3. The van der Waals surface area contributed by atoms with Crippen LogP contribution < -0.4 is 4.72 Å². The van der Waals surface area contributed by atoms with Gasteiger partial charge in [-0.1, -0.05) is 83.0 Å². The normalized spacial score (nSPS) is 11.8. The van der Waals surface area contributed by atoms with E-state index in [2.05, 4.69) is 26.0 Å². The van der Waals surface area contributed by atoms with E-state index in [0.29, 0.717) is 38.0 Å². The average Bonchev–Trinajstić information content (AvgIpc) is 3.28. The van der Waals surface area contributed by atoms with E-state index in [9.17, 15) is 8.42 Å². The van der Waals surface area contributed by atoms with Gasteiger partial charge in [0.15, 0.2) is 11.0 Å². The van der Waals surface area contributed by atoms with E-state index in [1.807, 2.05) is 37.3 Å². The summed E-state index contributed by atoms with van der Waals surface area (Å²) in [5.41, 5.74) is 3.30. The Bertz CT molecular complexity index is 1700. The van der Waals surface area contributed by atoms with Crippen molar-refractivity contribution in [2.45, 2.75) is 29.3 Å². The number of nitrogens with one attached hydrogen (secondary N) is 1. The van der Waals surface area contributed by atoms with Gasteiger partial charge < -0.3 is 0 Å². The van der Waals surface area contributed by atoms with Crippen molar-refractivity contribution in [3.05, 3.63) is 106 Å². The summed E-state index contributed by atoms with van der Waals surface area (Å²) in [6.07, 6.45) is 1.57. The first-order chi connectivity index (χ1) is 17.8. The number of thioether (sulfide) groups is 1. The molecule has 5 aromatic rings. The molecule has 0 radical (unpaired) electrons. The second kappa shape index (κ2) is 10.8. The minimum Gasteiger partial charge on any atom is -0.271 e. The van der Waals surface area contributed by atoms with Crippen LogP contribution in [0.5, 0.6) is 0 Å². The Morgan fingerprint density at radius 2 is 1.78 bits per heavy atom. The summed E-state index contributed by atoms with van der Waals surface area (Å²) in [6.45, 7) is 1.93. The molecule has 0 aliphatic rings. The lowest BCUT2D eigenvalue weighted by Gasteiger charge is -2.13. The molecule has 0 amide bonds. The molecule has 0 atom stereocenters. The van der Waals surface area contributed by atoms with Crippen molar-refractivity contribution in [1.82, 2.24) is 24.5 Å². The van der Waals surface area contributed by atoms with Crippen LogP contribution >= 0.6 is 35.0 Å². The summed E-state index contributed by atoms with van der Waals surface area (Å²) in [6, 6.07) is 21.9. The molecule has 0 unspecified atom stereocenters. The van der Waals surface area contributed by atoms with E-state index in [1.165, 1.54) is 23.4 Å². The van der Waals surface area contributed by atoms with Crippen LogP contribution in [0.3, 0.4) is 0 Å². The SMILES string of the molecule is Cc1cccc(CSc2nnc(CNS(=O)(=O)c3cccc4cccnc34)n2-c2ccc(Cl)cc2Cl)c1. The molecule has 0 spiro atoms. The Morgan fingerprint density at radius 1 is 0.973 bits per heavy atom. The van der Waals surface area contributed by atoms with Gasteiger partial charge in [-0.05, 0) is 42.8 Å². The Kier molecular flexibility index (Phi) is 7.50. The molecule has 2 aromatic heterocycles. The fourth-order valence-electron chi connectivity index (χ4n) is 3.89. The van der Waals surface area contributed by atoms with Crippen LogP contribution in [0.15, 0.2) is 89.0 Å². The molecule has 11 heteroatoms.